The highest BCUT2D eigenvalue weighted by molar-refractivity contribution is 6.31. The first-order valence-electron chi connectivity index (χ1n) is 12.8. The molecule has 0 bridgehead atoms. The molecule has 3 aromatic rings. The van der Waals surface area contributed by atoms with Crippen LogP contribution < -0.4 is 0 Å². The Balaban J connectivity index is 0.000000341. The summed E-state index contributed by atoms with van der Waals surface area (Å²) in [5.41, 5.74) is 6.12. The molecule has 2 nitrogen and oxygen atoms in total. The molecule has 0 fully saturated rings. The third kappa shape index (κ3) is 8.36. The number of benzene rings is 2. The van der Waals surface area contributed by atoms with Crippen molar-refractivity contribution in [3.8, 4) is 0 Å². The Labute approximate surface area is 224 Å². The molecule has 0 saturated heterocycles. The van der Waals surface area contributed by atoms with Crippen molar-refractivity contribution in [2.45, 2.75) is 80.1 Å². The van der Waals surface area contributed by atoms with E-state index in [0.29, 0.717) is 5.52 Å². The normalized spacial score (nSPS) is 12.8. The predicted molar refractivity (Wildman–Crippen MR) is 152 cm³/mol. The molecule has 0 spiro atoms. The number of halogens is 4. The second-order valence-electron chi connectivity index (χ2n) is 9.53. The molecular weight excluding hydrogens is 493 g/mol. The maximum Gasteiger partial charge on any atom is 0.162 e. The van der Waals surface area contributed by atoms with Gasteiger partial charge in [0, 0.05) is 33.9 Å². The summed E-state index contributed by atoms with van der Waals surface area (Å²) in [4.78, 5) is 7.61. The fourth-order valence-electron chi connectivity index (χ4n) is 4.34. The lowest BCUT2D eigenvalue weighted by atomic mass is 9.92. The van der Waals surface area contributed by atoms with E-state index in [-0.39, 0.29) is 10.6 Å². The summed E-state index contributed by atoms with van der Waals surface area (Å²) in [6.45, 7) is 14.2. The maximum atomic E-state index is 14.2. The minimum Gasteiger partial charge on any atom is -0.358 e. The van der Waals surface area contributed by atoms with E-state index in [9.17, 15) is 13.2 Å². The van der Waals surface area contributed by atoms with Crippen LogP contribution in [0.15, 0.2) is 58.7 Å². The molecule has 3 rings (SSSR count). The van der Waals surface area contributed by atoms with Crippen molar-refractivity contribution >= 4 is 28.2 Å². The van der Waals surface area contributed by atoms with Crippen molar-refractivity contribution in [1.82, 2.24) is 4.98 Å². The summed E-state index contributed by atoms with van der Waals surface area (Å²) in [5, 5.41) is 0.888. The second-order valence-corrected chi connectivity index (χ2v) is 9.93. The van der Waals surface area contributed by atoms with Crippen LogP contribution in [0.3, 0.4) is 0 Å². The quantitative estimate of drug-likeness (QED) is 0.280. The van der Waals surface area contributed by atoms with Gasteiger partial charge in [-0.1, -0.05) is 62.6 Å². The third-order valence-corrected chi connectivity index (χ3v) is 6.28. The fourth-order valence-corrected chi connectivity index (χ4v) is 4.50. The zero-order chi connectivity index (χ0) is 27.7. The van der Waals surface area contributed by atoms with Crippen LogP contribution >= 0.6 is 11.6 Å². The number of nitrogens with one attached hydrogen (secondary N) is 1. The fraction of sp³-hybridized carbons (Fsp3) is 0.387. The molecule has 1 aromatic heterocycles. The molecule has 0 amide bonds. The van der Waals surface area contributed by atoms with Crippen molar-refractivity contribution in [1.29, 1.82) is 0 Å². The van der Waals surface area contributed by atoms with E-state index in [1.807, 2.05) is 20.8 Å². The molecule has 0 aliphatic rings. The zero-order valence-corrected chi connectivity index (χ0v) is 23.7. The third-order valence-electron chi connectivity index (χ3n) is 5.99. The number of H-pyrrole nitrogens is 1. The molecule has 6 heteroatoms. The van der Waals surface area contributed by atoms with Gasteiger partial charge in [0.1, 0.15) is 5.82 Å². The van der Waals surface area contributed by atoms with Gasteiger partial charge in [0.05, 0.1) is 5.02 Å². The highest BCUT2D eigenvalue weighted by Gasteiger charge is 2.22. The Bertz CT molecular complexity index is 1300. The Morgan fingerprint density at radius 1 is 1.05 bits per heavy atom. The van der Waals surface area contributed by atoms with Gasteiger partial charge in [0.2, 0.25) is 0 Å². The van der Waals surface area contributed by atoms with Gasteiger partial charge in [-0.2, -0.15) is 0 Å². The Morgan fingerprint density at radius 3 is 2.38 bits per heavy atom. The lowest BCUT2D eigenvalue weighted by molar-refractivity contribution is 0.495. The number of allylic oxidation sites excluding steroid dienone is 4. The summed E-state index contributed by atoms with van der Waals surface area (Å²) < 4.78 is 41.7. The van der Waals surface area contributed by atoms with E-state index < -0.39 is 23.4 Å². The summed E-state index contributed by atoms with van der Waals surface area (Å²) in [6, 6.07) is 7.13. The van der Waals surface area contributed by atoms with Crippen LogP contribution in [0.25, 0.3) is 10.9 Å². The Kier molecular flexibility index (Phi) is 11.7. The van der Waals surface area contributed by atoms with E-state index in [1.165, 1.54) is 17.7 Å². The molecule has 1 atom stereocenters. The lowest BCUT2D eigenvalue weighted by Gasteiger charge is -2.15. The van der Waals surface area contributed by atoms with Gasteiger partial charge in [-0.05, 0) is 82.4 Å². The molecule has 0 saturated carbocycles. The van der Waals surface area contributed by atoms with Gasteiger partial charge in [-0.25, -0.2) is 13.2 Å². The number of hydrogen-bond acceptors (Lipinski definition) is 1. The van der Waals surface area contributed by atoms with Crippen LogP contribution in [0.5, 0.6) is 0 Å². The van der Waals surface area contributed by atoms with Crippen molar-refractivity contribution in [2.75, 3.05) is 0 Å². The van der Waals surface area contributed by atoms with Crippen LogP contribution in [0.4, 0.5) is 13.2 Å². The monoisotopic (exact) mass is 530 g/mol. The first-order valence-corrected chi connectivity index (χ1v) is 13.2. The van der Waals surface area contributed by atoms with Crippen molar-refractivity contribution < 1.29 is 13.2 Å². The van der Waals surface area contributed by atoms with Crippen LogP contribution in [-0.2, 0) is 6.42 Å². The minimum absolute atomic E-state index is 0.0559. The molecule has 200 valence electrons. The van der Waals surface area contributed by atoms with Crippen molar-refractivity contribution in [3.05, 3.63) is 93.0 Å². The van der Waals surface area contributed by atoms with E-state index in [1.54, 1.807) is 12.1 Å². The molecule has 1 N–H and O–H groups in total. The molecule has 0 aliphatic carbocycles. The number of aromatic nitrogens is 1. The number of aliphatic imine (C=N–C) groups is 1. The van der Waals surface area contributed by atoms with Gasteiger partial charge < -0.3 is 4.98 Å². The molecule has 0 radical (unpaired) electrons. The van der Waals surface area contributed by atoms with E-state index in [0.717, 1.165) is 59.8 Å². The van der Waals surface area contributed by atoms with Gasteiger partial charge >= 0.3 is 0 Å². The summed E-state index contributed by atoms with van der Waals surface area (Å²) in [7, 11) is 0. The topological polar surface area (TPSA) is 28.1 Å². The van der Waals surface area contributed by atoms with Gasteiger partial charge in [-0.15, -0.1) is 0 Å². The van der Waals surface area contributed by atoms with Crippen molar-refractivity contribution in [3.63, 3.8) is 0 Å². The smallest absolute Gasteiger partial charge is 0.162 e. The van der Waals surface area contributed by atoms with E-state index in [2.05, 4.69) is 49.8 Å². The highest BCUT2D eigenvalue weighted by atomic mass is 35.5. The summed E-state index contributed by atoms with van der Waals surface area (Å²) in [5.74, 6) is -2.62. The van der Waals surface area contributed by atoms with Crippen LogP contribution in [0.1, 0.15) is 90.5 Å². The van der Waals surface area contributed by atoms with Crippen LogP contribution in [-0.4, -0.2) is 10.7 Å². The molecule has 37 heavy (non-hydrogen) atoms. The first kappa shape index (κ1) is 30.4. The average Bonchev–Trinajstić information content (AvgIpc) is 3.16. The van der Waals surface area contributed by atoms with Crippen LogP contribution in [0.2, 0.25) is 5.02 Å². The van der Waals surface area contributed by atoms with Gasteiger partial charge in [-0.3, -0.25) is 4.99 Å². The molecule has 0 aliphatic heterocycles. The standard InChI is InChI=1S/C20H19ClF3N.C11H19N/c1-3-4-6-13-14-9-15(21)17(23)10-18(14)25-20(13)11(2)12-7-5-8-16(22)19(12)24;1-6-7-10(4)12-11(5)8-9(2)3/h5,7-11,25H,3-4,6H2,1-2H3;7-8H,6H2,1-5H3/b;10-7+,12-11?. The van der Waals surface area contributed by atoms with E-state index in [4.69, 9.17) is 11.6 Å². The molecule has 1 unspecified atom stereocenters. The first-order chi connectivity index (χ1) is 17.5. The molecular formula is C31H38ClF3N2. The largest absolute Gasteiger partial charge is 0.358 e. The predicted octanol–water partition coefficient (Wildman–Crippen LogP) is 10.5. The van der Waals surface area contributed by atoms with E-state index >= 15 is 0 Å². The second kappa shape index (κ2) is 14.2. The van der Waals surface area contributed by atoms with Crippen LogP contribution in [0, 0.1) is 17.5 Å². The Hall–Kier alpha value is -2.79. The molecule has 1 heterocycles. The zero-order valence-electron chi connectivity index (χ0n) is 22.9. The lowest BCUT2D eigenvalue weighted by Crippen LogP contribution is -2.04. The van der Waals surface area contributed by atoms with Crippen molar-refractivity contribution in [2.24, 2.45) is 4.99 Å². The molecule has 2 aromatic carbocycles. The average molecular weight is 531 g/mol. The maximum absolute atomic E-state index is 14.2. The number of hydrogen-bond donors (Lipinski definition) is 1. The minimum atomic E-state index is -0.871. The number of aromatic amines is 1. The number of fused-ring (bicyclic) bond motifs is 1. The number of unbranched alkanes of at least 4 members (excludes halogenated alkanes) is 1. The summed E-state index contributed by atoms with van der Waals surface area (Å²) >= 11 is 5.95. The van der Waals surface area contributed by atoms with Gasteiger partial charge in [0.25, 0.3) is 0 Å². The Morgan fingerprint density at radius 2 is 1.76 bits per heavy atom. The number of rotatable bonds is 8. The van der Waals surface area contributed by atoms with Gasteiger partial charge in [0.15, 0.2) is 11.6 Å². The SMILES string of the molecule is CC/C=C(\C)N=C(C)C=C(C)C.CCCCc1c(C(C)c2cccc(F)c2F)[nH]c2cc(F)c(Cl)cc12. The summed E-state index contributed by atoms with van der Waals surface area (Å²) in [6.07, 6.45) is 7.96. The number of nitrogens with zero attached hydrogens (tertiary/aromatic N) is 1. The highest BCUT2D eigenvalue weighted by Crippen LogP contribution is 2.36. The number of aryl methyl sites for hydroxylation is 1.